The molecule has 1 aromatic heterocycles. The number of hydrogen-bond acceptors (Lipinski definition) is 3. The van der Waals surface area contributed by atoms with Crippen molar-refractivity contribution in [2.24, 2.45) is 7.05 Å². The Labute approximate surface area is 90.9 Å². The van der Waals surface area contributed by atoms with Gasteiger partial charge in [0.05, 0.1) is 10.9 Å². The van der Waals surface area contributed by atoms with Crippen LogP contribution >= 0.6 is 0 Å². The van der Waals surface area contributed by atoms with E-state index in [0.717, 1.165) is 5.56 Å². The maximum Gasteiger partial charge on any atom is 0.365 e. The fourth-order valence-corrected chi connectivity index (χ4v) is 1.64. The average Bonchev–Trinajstić information content (AvgIpc) is 2.52. The monoisotopic (exact) mass is 221 g/mol. The molecular weight excluding hydrogens is 210 g/mol. The van der Waals surface area contributed by atoms with E-state index in [4.69, 9.17) is 9.63 Å². The maximum absolute atomic E-state index is 11.3. The minimum Gasteiger partial charge on any atom is -0.481 e. The van der Waals surface area contributed by atoms with Crippen LogP contribution in [0.15, 0.2) is 27.5 Å². The van der Waals surface area contributed by atoms with Crippen molar-refractivity contribution in [3.05, 3.63) is 34.2 Å². The van der Waals surface area contributed by atoms with Crippen LogP contribution < -0.4 is 5.63 Å². The van der Waals surface area contributed by atoms with Gasteiger partial charge in [0.25, 0.3) is 0 Å². The van der Waals surface area contributed by atoms with Gasteiger partial charge in [-0.15, -0.1) is 0 Å². The molecule has 0 saturated carbocycles. The molecule has 0 fully saturated rings. The van der Waals surface area contributed by atoms with Gasteiger partial charge in [0.15, 0.2) is 0 Å². The van der Waals surface area contributed by atoms with Gasteiger partial charge in [-0.05, 0) is 24.1 Å². The summed E-state index contributed by atoms with van der Waals surface area (Å²) in [6.45, 7) is 0. The number of rotatable bonds is 3. The molecule has 16 heavy (non-hydrogen) atoms. The second-order valence-electron chi connectivity index (χ2n) is 3.62. The molecule has 0 unspecified atom stereocenters. The summed E-state index contributed by atoms with van der Waals surface area (Å²) in [6.07, 6.45) is 0.530. The fraction of sp³-hybridized carbons (Fsp3) is 0.273. The third-order valence-electron chi connectivity index (χ3n) is 2.47. The van der Waals surface area contributed by atoms with Crippen molar-refractivity contribution in [2.45, 2.75) is 12.8 Å². The third-order valence-corrected chi connectivity index (χ3v) is 2.47. The molecule has 1 N–H and O–H groups in total. The Balaban J connectivity index is 2.40. The largest absolute Gasteiger partial charge is 0.481 e. The summed E-state index contributed by atoms with van der Waals surface area (Å²) in [7, 11) is 1.64. The molecule has 2 aromatic rings. The van der Waals surface area contributed by atoms with E-state index in [-0.39, 0.29) is 12.0 Å². The predicted octanol–water partition coefficient (Wildman–Crippen LogP) is 1.15. The van der Waals surface area contributed by atoms with Gasteiger partial charge in [-0.3, -0.25) is 4.79 Å². The summed E-state index contributed by atoms with van der Waals surface area (Å²) in [5.74, 6) is -0.832. The number of fused-ring (bicyclic) bond motifs is 1. The summed E-state index contributed by atoms with van der Waals surface area (Å²) in [4.78, 5) is 21.7. The quantitative estimate of drug-likeness (QED) is 0.843. The van der Waals surface area contributed by atoms with Crippen LogP contribution in [0.4, 0.5) is 0 Å². The van der Waals surface area contributed by atoms with Gasteiger partial charge in [-0.25, -0.2) is 9.53 Å². The first kappa shape index (κ1) is 10.5. The first-order chi connectivity index (χ1) is 7.58. The zero-order valence-corrected chi connectivity index (χ0v) is 8.77. The van der Waals surface area contributed by atoms with Crippen LogP contribution in [0, 0.1) is 0 Å². The summed E-state index contributed by atoms with van der Waals surface area (Å²) in [6, 6.07) is 5.20. The van der Waals surface area contributed by atoms with Gasteiger partial charge in [-0.2, -0.15) is 0 Å². The van der Waals surface area contributed by atoms with Gasteiger partial charge < -0.3 is 9.63 Å². The molecule has 1 aromatic carbocycles. The molecule has 0 amide bonds. The number of aliphatic carboxylic acids is 1. The van der Waals surface area contributed by atoms with Gasteiger partial charge in [-0.1, -0.05) is 6.07 Å². The van der Waals surface area contributed by atoms with Crippen molar-refractivity contribution in [1.82, 2.24) is 4.74 Å². The molecule has 0 saturated heterocycles. The summed E-state index contributed by atoms with van der Waals surface area (Å²) < 4.78 is 6.28. The Bertz CT molecular complexity index is 594. The lowest BCUT2D eigenvalue weighted by Crippen LogP contribution is -1.97. The number of aromatic nitrogens is 1. The summed E-state index contributed by atoms with van der Waals surface area (Å²) in [5, 5.41) is 9.09. The van der Waals surface area contributed by atoms with Crippen molar-refractivity contribution in [1.29, 1.82) is 0 Å². The van der Waals surface area contributed by atoms with E-state index >= 15 is 0 Å². The van der Waals surface area contributed by atoms with Crippen LogP contribution in [0.2, 0.25) is 0 Å². The standard InChI is InChI=1S/C11H11NO4/c1-12-9-6-7(3-5-10(13)14)2-4-8(9)11(15)16-12/h2,4,6H,3,5H2,1H3,(H,13,14). The molecule has 0 aliphatic carbocycles. The SMILES string of the molecule is Cn1oc(=O)c2ccc(CCC(=O)O)cc21. The van der Waals surface area contributed by atoms with E-state index in [1.54, 1.807) is 25.2 Å². The smallest absolute Gasteiger partial charge is 0.365 e. The number of benzene rings is 1. The molecule has 2 rings (SSSR count). The molecule has 84 valence electrons. The molecule has 0 aliphatic heterocycles. The van der Waals surface area contributed by atoms with Crippen LogP contribution in [0.5, 0.6) is 0 Å². The van der Waals surface area contributed by atoms with Crippen molar-refractivity contribution >= 4 is 16.9 Å². The van der Waals surface area contributed by atoms with Crippen molar-refractivity contribution < 1.29 is 14.4 Å². The van der Waals surface area contributed by atoms with Crippen molar-refractivity contribution in [3.8, 4) is 0 Å². The van der Waals surface area contributed by atoms with Gasteiger partial charge in [0.2, 0.25) is 0 Å². The van der Waals surface area contributed by atoms with Crippen molar-refractivity contribution in [2.75, 3.05) is 0 Å². The minimum atomic E-state index is -0.832. The molecule has 1 heterocycles. The van der Waals surface area contributed by atoms with Gasteiger partial charge in [0.1, 0.15) is 0 Å². The Morgan fingerprint density at radius 3 is 2.94 bits per heavy atom. The highest BCUT2D eigenvalue weighted by Gasteiger charge is 2.07. The van der Waals surface area contributed by atoms with Crippen LogP contribution in [-0.4, -0.2) is 15.8 Å². The molecule has 5 heteroatoms. The van der Waals surface area contributed by atoms with E-state index in [1.165, 1.54) is 4.74 Å². The number of carboxylic acids is 1. The summed E-state index contributed by atoms with van der Waals surface area (Å²) >= 11 is 0. The maximum atomic E-state index is 11.3. The molecule has 0 spiro atoms. The first-order valence-corrected chi connectivity index (χ1v) is 4.88. The number of aryl methyl sites for hydroxylation is 2. The highest BCUT2D eigenvalue weighted by atomic mass is 16.5. The van der Waals surface area contributed by atoms with E-state index < -0.39 is 5.97 Å². The Morgan fingerprint density at radius 1 is 1.50 bits per heavy atom. The Morgan fingerprint density at radius 2 is 2.25 bits per heavy atom. The highest BCUT2D eigenvalue weighted by molar-refractivity contribution is 5.78. The second-order valence-corrected chi connectivity index (χ2v) is 3.62. The molecule has 5 nitrogen and oxygen atoms in total. The molecular formula is C11H11NO4. The Hall–Kier alpha value is -2.04. The molecule has 0 bridgehead atoms. The Kier molecular flexibility index (Phi) is 2.52. The van der Waals surface area contributed by atoms with Crippen LogP contribution in [0.1, 0.15) is 12.0 Å². The molecule has 0 radical (unpaired) electrons. The van der Waals surface area contributed by atoms with E-state index in [0.29, 0.717) is 17.3 Å². The van der Waals surface area contributed by atoms with Crippen LogP contribution in [0.3, 0.4) is 0 Å². The van der Waals surface area contributed by atoms with Crippen molar-refractivity contribution in [3.63, 3.8) is 0 Å². The number of carbonyl (C=O) groups is 1. The normalized spacial score (nSPS) is 10.8. The number of hydrogen-bond donors (Lipinski definition) is 1. The van der Waals surface area contributed by atoms with Gasteiger partial charge >= 0.3 is 11.6 Å². The zero-order valence-electron chi connectivity index (χ0n) is 8.77. The number of nitrogens with zero attached hydrogens (tertiary/aromatic N) is 1. The average molecular weight is 221 g/mol. The van der Waals surface area contributed by atoms with E-state index in [9.17, 15) is 9.59 Å². The molecule has 0 atom stereocenters. The fourth-order valence-electron chi connectivity index (χ4n) is 1.64. The van der Waals surface area contributed by atoms with E-state index in [1.807, 2.05) is 0 Å². The lowest BCUT2D eigenvalue weighted by Gasteiger charge is -1.99. The second kappa shape index (κ2) is 3.84. The lowest BCUT2D eigenvalue weighted by atomic mass is 10.1. The molecule has 0 aliphatic rings. The highest BCUT2D eigenvalue weighted by Crippen LogP contribution is 2.14. The van der Waals surface area contributed by atoms with Gasteiger partial charge in [0, 0.05) is 13.5 Å². The predicted molar refractivity (Wildman–Crippen MR) is 57.4 cm³/mol. The summed E-state index contributed by atoms with van der Waals surface area (Å²) in [5.41, 5.74) is 1.20. The topological polar surface area (TPSA) is 72.4 Å². The lowest BCUT2D eigenvalue weighted by molar-refractivity contribution is -0.136. The van der Waals surface area contributed by atoms with Crippen LogP contribution in [-0.2, 0) is 18.3 Å². The van der Waals surface area contributed by atoms with E-state index in [2.05, 4.69) is 0 Å². The third kappa shape index (κ3) is 1.84. The first-order valence-electron chi connectivity index (χ1n) is 4.88. The zero-order chi connectivity index (χ0) is 11.7. The van der Waals surface area contributed by atoms with Crippen LogP contribution in [0.25, 0.3) is 10.9 Å². The number of carboxylic acid groups (broad SMARTS) is 1. The minimum absolute atomic E-state index is 0.0807.